The number of hydrogen-bond acceptors (Lipinski definition) is 1. The fourth-order valence-electron chi connectivity index (χ4n) is 6.19. The highest BCUT2D eigenvalue weighted by Crippen LogP contribution is 2.59. The van der Waals surface area contributed by atoms with Gasteiger partial charge in [0.15, 0.2) is 0 Å². The van der Waals surface area contributed by atoms with Crippen molar-refractivity contribution in [1.82, 2.24) is 0 Å². The summed E-state index contributed by atoms with van der Waals surface area (Å²) in [6.45, 7) is 3.11. The lowest BCUT2D eigenvalue weighted by Gasteiger charge is -2.19. The molecular weight excluding hydrogens is 460 g/mol. The van der Waals surface area contributed by atoms with Crippen LogP contribution in [0.25, 0.3) is 0 Å². The van der Waals surface area contributed by atoms with Crippen LogP contribution in [-0.2, 0) is 5.41 Å². The quantitative estimate of drug-likeness (QED) is 0.107. The molecule has 3 aromatic carbocycles. The molecule has 0 N–H and O–H groups in total. The topological polar surface area (TPSA) is 9.23 Å². The smallest absolute Gasteiger partial charge is 0.119 e. The van der Waals surface area contributed by atoms with Gasteiger partial charge in [-0.1, -0.05) is 170 Å². The van der Waals surface area contributed by atoms with Gasteiger partial charge in [-0.2, -0.15) is 0 Å². The first kappa shape index (κ1) is 28.5. The monoisotopic (exact) mass is 510 g/mol. The van der Waals surface area contributed by atoms with E-state index < -0.39 is 0 Å². The van der Waals surface area contributed by atoms with E-state index in [2.05, 4.69) is 85.8 Å². The van der Waals surface area contributed by atoms with Crippen molar-refractivity contribution in [3.8, 4) is 5.75 Å². The first-order valence-corrected chi connectivity index (χ1v) is 15.8. The van der Waals surface area contributed by atoms with E-state index in [1.54, 1.807) is 0 Å². The maximum atomic E-state index is 6.22. The minimum Gasteiger partial charge on any atom is -0.494 e. The molecule has 38 heavy (non-hydrogen) atoms. The second-order valence-corrected chi connectivity index (χ2v) is 11.3. The Kier molecular flexibility index (Phi) is 11.8. The Morgan fingerprint density at radius 1 is 0.474 bits per heavy atom. The molecule has 1 aliphatic carbocycles. The van der Waals surface area contributed by atoms with E-state index in [0.29, 0.717) is 0 Å². The largest absolute Gasteiger partial charge is 0.494 e. The summed E-state index contributed by atoms with van der Waals surface area (Å²) in [5.74, 6) is 0.997. The van der Waals surface area contributed by atoms with Gasteiger partial charge in [-0.25, -0.2) is 0 Å². The first-order valence-electron chi connectivity index (χ1n) is 15.8. The maximum absolute atomic E-state index is 6.22. The molecule has 0 amide bonds. The van der Waals surface area contributed by atoms with Gasteiger partial charge < -0.3 is 4.74 Å². The Bertz CT molecular complexity index is 1030. The molecule has 0 saturated heterocycles. The standard InChI is InChI=1S/C37H50O/c1-2-3-4-5-6-7-8-9-10-11-12-13-14-15-16-22-30-38-34-27-23-26-33(31-34)37(32-24-18-17-19-25-32)35-28-20-21-29-36(35)37/h17-21,23-29,31H,2-16,22,30H2,1H3. The summed E-state index contributed by atoms with van der Waals surface area (Å²) in [4.78, 5) is 0. The van der Waals surface area contributed by atoms with E-state index in [1.807, 2.05) is 0 Å². The predicted octanol–water partition coefficient (Wildman–Crippen LogP) is 11.0. The lowest BCUT2D eigenvalue weighted by Crippen LogP contribution is -2.13. The molecule has 0 atom stereocenters. The molecule has 0 bridgehead atoms. The molecule has 0 saturated carbocycles. The Balaban J connectivity index is 1.08. The second-order valence-electron chi connectivity index (χ2n) is 11.3. The summed E-state index contributed by atoms with van der Waals surface area (Å²) in [7, 11) is 0. The van der Waals surface area contributed by atoms with Crippen LogP contribution in [0, 0.1) is 0 Å². The van der Waals surface area contributed by atoms with Gasteiger partial charge in [-0.3, -0.25) is 0 Å². The van der Waals surface area contributed by atoms with Crippen molar-refractivity contribution in [3.05, 3.63) is 101 Å². The van der Waals surface area contributed by atoms with Crippen LogP contribution in [0.5, 0.6) is 5.75 Å². The summed E-state index contributed by atoms with van der Waals surface area (Å²) >= 11 is 0. The Morgan fingerprint density at radius 2 is 0.947 bits per heavy atom. The number of unbranched alkanes of at least 4 members (excludes halogenated alkanes) is 15. The van der Waals surface area contributed by atoms with Crippen molar-refractivity contribution >= 4 is 0 Å². The first-order chi connectivity index (χ1) is 18.9. The number of rotatable bonds is 20. The summed E-state index contributed by atoms with van der Waals surface area (Å²) in [6.07, 6.45) is 22.3. The minimum atomic E-state index is -0.113. The summed E-state index contributed by atoms with van der Waals surface area (Å²) in [5, 5.41) is 0. The lowest BCUT2D eigenvalue weighted by atomic mass is 9.84. The van der Waals surface area contributed by atoms with Crippen LogP contribution < -0.4 is 4.74 Å². The van der Waals surface area contributed by atoms with Crippen LogP contribution in [0.2, 0.25) is 0 Å². The number of hydrogen-bond donors (Lipinski definition) is 0. The zero-order valence-electron chi connectivity index (χ0n) is 23.9. The fourth-order valence-corrected chi connectivity index (χ4v) is 6.19. The second kappa shape index (κ2) is 15.8. The zero-order chi connectivity index (χ0) is 26.3. The third kappa shape index (κ3) is 7.75. The van der Waals surface area contributed by atoms with E-state index in [4.69, 9.17) is 4.74 Å². The molecule has 0 aliphatic heterocycles. The molecule has 0 fully saturated rings. The predicted molar refractivity (Wildman–Crippen MR) is 163 cm³/mol. The Hall–Kier alpha value is -2.54. The van der Waals surface area contributed by atoms with Crippen molar-refractivity contribution in [3.63, 3.8) is 0 Å². The number of ether oxygens (including phenoxy) is 1. The van der Waals surface area contributed by atoms with Crippen molar-refractivity contribution in [2.24, 2.45) is 0 Å². The third-order valence-electron chi connectivity index (χ3n) is 8.41. The van der Waals surface area contributed by atoms with Gasteiger partial charge in [0.1, 0.15) is 5.75 Å². The molecule has 0 heterocycles. The van der Waals surface area contributed by atoms with Gasteiger partial charge in [-0.15, -0.1) is 0 Å². The highest BCUT2D eigenvalue weighted by Gasteiger charge is 2.52. The van der Waals surface area contributed by atoms with Gasteiger partial charge in [0, 0.05) is 0 Å². The summed E-state index contributed by atoms with van der Waals surface area (Å²) < 4.78 is 6.22. The summed E-state index contributed by atoms with van der Waals surface area (Å²) in [5.41, 5.74) is 5.38. The highest BCUT2D eigenvalue weighted by molar-refractivity contribution is 5.75. The Labute approximate surface area is 233 Å². The number of benzene rings is 3. The van der Waals surface area contributed by atoms with Crippen molar-refractivity contribution in [2.75, 3.05) is 6.61 Å². The van der Waals surface area contributed by atoms with E-state index in [-0.39, 0.29) is 5.41 Å². The molecule has 1 heteroatoms. The third-order valence-corrected chi connectivity index (χ3v) is 8.41. The number of fused-ring (bicyclic) bond motifs is 1. The van der Waals surface area contributed by atoms with Crippen LogP contribution in [0.4, 0.5) is 0 Å². The maximum Gasteiger partial charge on any atom is 0.119 e. The lowest BCUT2D eigenvalue weighted by molar-refractivity contribution is 0.304. The van der Waals surface area contributed by atoms with Gasteiger partial charge in [0.2, 0.25) is 0 Å². The molecule has 4 rings (SSSR count). The Morgan fingerprint density at radius 3 is 1.50 bits per heavy atom. The van der Waals surface area contributed by atoms with Crippen LogP contribution in [0.1, 0.15) is 132 Å². The van der Waals surface area contributed by atoms with Crippen LogP contribution in [0.15, 0.2) is 78.9 Å². The molecule has 1 nitrogen and oxygen atoms in total. The fraction of sp³-hybridized carbons (Fsp3) is 0.514. The van der Waals surface area contributed by atoms with Crippen LogP contribution in [-0.4, -0.2) is 6.61 Å². The molecule has 3 aromatic rings. The molecule has 0 aromatic heterocycles. The molecule has 0 spiro atoms. The molecule has 0 unspecified atom stereocenters. The SMILES string of the molecule is CCCCCCCCCCCCCCCCCCOc1cccc(C2(c3ccccc3)c3ccccc32)c1. The van der Waals surface area contributed by atoms with Gasteiger partial charge >= 0.3 is 0 Å². The minimum absolute atomic E-state index is 0.113. The van der Waals surface area contributed by atoms with Gasteiger partial charge in [0.25, 0.3) is 0 Å². The highest BCUT2D eigenvalue weighted by atomic mass is 16.5. The molecular formula is C37H50O. The van der Waals surface area contributed by atoms with Crippen molar-refractivity contribution in [1.29, 1.82) is 0 Å². The molecule has 204 valence electrons. The van der Waals surface area contributed by atoms with Crippen LogP contribution in [0.3, 0.4) is 0 Å². The van der Waals surface area contributed by atoms with E-state index >= 15 is 0 Å². The summed E-state index contributed by atoms with van der Waals surface area (Å²) in [6, 6.07) is 28.5. The van der Waals surface area contributed by atoms with E-state index in [1.165, 1.54) is 119 Å². The average molecular weight is 511 g/mol. The normalized spacial score (nSPS) is 13.3. The average Bonchev–Trinajstić information content (AvgIpc) is 3.65. The zero-order valence-corrected chi connectivity index (χ0v) is 23.9. The molecule has 1 aliphatic rings. The van der Waals surface area contributed by atoms with Crippen LogP contribution >= 0.6 is 0 Å². The van der Waals surface area contributed by atoms with Gasteiger partial charge in [-0.05, 0) is 40.8 Å². The van der Waals surface area contributed by atoms with Gasteiger partial charge in [0.05, 0.1) is 12.0 Å². The molecule has 0 radical (unpaired) electrons. The van der Waals surface area contributed by atoms with Crippen molar-refractivity contribution < 1.29 is 4.74 Å². The van der Waals surface area contributed by atoms with Crippen molar-refractivity contribution in [2.45, 2.75) is 115 Å². The van der Waals surface area contributed by atoms with E-state index in [9.17, 15) is 0 Å². The van der Waals surface area contributed by atoms with E-state index in [0.717, 1.165) is 18.8 Å².